The summed E-state index contributed by atoms with van der Waals surface area (Å²) in [5.41, 5.74) is 0. The topological polar surface area (TPSA) is 26.3 Å². The van der Waals surface area contributed by atoms with Crippen LogP contribution in [0.4, 0.5) is 0 Å². The van der Waals surface area contributed by atoms with E-state index in [0.717, 1.165) is 12.8 Å². The van der Waals surface area contributed by atoms with Crippen LogP contribution in [0.3, 0.4) is 0 Å². The maximum atomic E-state index is 11.9. The van der Waals surface area contributed by atoms with Crippen LogP contribution >= 0.6 is 0 Å². The summed E-state index contributed by atoms with van der Waals surface area (Å²) >= 11 is 0. The van der Waals surface area contributed by atoms with Gasteiger partial charge in [-0.05, 0) is 12.8 Å². The molecule has 0 bridgehead atoms. The summed E-state index contributed by atoms with van der Waals surface area (Å²) < 4.78 is 5.46. The number of ether oxygens (including phenoxy) is 1. The van der Waals surface area contributed by atoms with Crippen LogP contribution in [-0.2, 0) is 9.53 Å². The number of carbonyl (C=O) groups is 1. The fourth-order valence-electron chi connectivity index (χ4n) is 6.61. The molecule has 0 N–H and O–H groups in total. The van der Waals surface area contributed by atoms with Gasteiger partial charge in [0.1, 0.15) is 0 Å². The maximum Gasteiger partial charge on any atom is 0.305 e. The second-order valence-corrected chi connectivity index (χ2v) is 14.3. The summed E-state index contributed by atoms with van der Waals surface area (Å²) in [7, 11) is 0. The molecule has 0 saturated heterocycles. The molecule has 0 heterocycles. The van der Waals surface area contributed by atoms with Gasteiger partial charge in [-0.3, -0.25) is 4.79 Å². The number of unbranched alkanes of at least 4 members (excludes halogenated alkanes) is 35. The minimum atomic E-state index is 0.0291. The van der Waals surface area contributed by atoms with Gasteiger partial charge in [0, 0.05) is 6.42 Å². The zero-order valence-corrected chi connectivity index (χ0v) is 30.9. The van der Waals surface area contributed by atoms with Crippen molar-refractivity contribution in [1.29, 1.82) is 0 Å². The minimum absolute atomic E-state index is 0.0291. The first-order chi connectivity index (χ1) is 21.8. The van der Waals surface area contributed by atoms with Gasteiger partial charge >= 0.3 is 5.97 Å². The highest BCUT2D eigenvalue weighted by Gasteiger charge is 2.03. The molecule has 0 aliphatic rings. The van der Waals surface area contributed by atoms with E-state index in [1.165, 1.54) is 225 Å². The van der Waals surface area contributed by atoms with Crippen LogP contribution in [0, 0.1) is 0 Å². The first-order valence-electron chi connectivity index (χ1n) is 21.0. The van der Waals surface area contributed by atoms with Gasteiger partial charge in [0.15, 0.2) is 0 Å². The highest BCUT2D eigenvalue weighted by molar-refractivity contribution is 5.69. The molecule has 44 heavy (non-hydrogen) atoms. The van der Waals surface area contributed by atoms with Crippen molar-refractivity contribution in [2.45, 2.75) is 258 Å². The summed E-state index contributed by atoms with van der Waals surface area (Å²) in [6.45, 7) is 5.22. The minimum Gasteiger partial charge on any atom is -0.466 e. The summed E-state index contributed by atoms with van der Waals surface area (Å²) in [5.74, 6) is 0.0291. The SMILES string of the molecule is CCCCCCCCCCCCCCCCCCCCCCCCCCCOC(=O)CCCCCCCCCCCCCC. The van der Waals surface area contributed by atoms with Gasteiger partial charge in [-0.15, -0.1) is 0 Å². The zero-order valence-electron chi connectivity index (χ0n) is 30.9. The molecule has 0 amide bonds. The number of rotatable bonds is 39. The van der Waals surface area contributed by atoms with Crippen LogP contribution in [-0.4, -0.2) is 12.6 Å². The Morgan fingerprint density at radius 3 is 0.750 bits per heavy atom. The number of carbonyl (C=O) groups excluding carboxylic acids is 1. The molecule has 0 unspecified atom stereocenters. The first-order valence-corrected chi connectivity index (χ1v) is 21.0. The number of hydrogen-bond acceptors (Lipinski definition) is 2. The Labute approximate surface area is 279 Å². The van der Waals surface area contributed by atoms with E-state index in [9.17, 15) is 4.79 Å². The number of hydrogen-bond donors (Lipinski definition) is 0. The summed E-state index contributed by atoms with van der Waals surface area (Å²) in [6.07, 6.45) is 52.0. The molecule has 0 spiro atoms. The molecule has 0 saturated carbocycles. The van der Waals surface area contributed by atoms with E-state index in [4.69, 9.17) is 4.74 Å². The van der Waals surface area contributed by atoms with Crippen molar-refractivity contribution in [2.75, 3.05) is 6.61 Å². The molecular weight excluding hydrogens is 536 g/mol. The second kappa shape index (κ2) is 40.5. The monoisotopic (exact) mass is 621 g/mol. The lowest BCUT2D eigenvalue weighted by molar-refractivity contribution is -0.143. The molecule has 2 heteroatoms. The maximum absolute atomic E-state index is 11.9. The van der Waals surface area contributed by atoms with Crippen LogP contribution in [0.5, 0.6) is 0 Å². The largest absolute Gasteiger partial charge is 0.466 e. The lowest BCUT2D eigenvalue weighted by atomic mass is 10.0. The van der Waals surface area contributed by atoms with Gasteiger partial charge in [0.05, 0.1) is 6.61 Å². The Hall–Kier alpha value is -0.530. The molecular formula is C42H84O2. The highest BCUT2D eigenvalue weighted by atomic mass is 16.5. The third kappa shape index (κ3) is 39.5. The van der Waals surface area contributed by atoms with Crippen molar-refractivity contribution >= 4 is 5.97 Å². The predicted octanol–water partition coefficient (Wildman–Crippen LogP) is 15.4. The van der Waals surface area contributed by atoms with Crippen LogP contribution in [0.2, 0.25) is 0 Å². The standard InChI is InChI=1S/C42H84O2/c1-3-5-7-9-11-13-15-17-18-19-20-21-22-23-24-25-26-27-28-29-31-33-35-37-39-41-44-42(43)40-38-36-34-32-30-16-14-12-10-8-6-4-2/h3-41H2,1-2H3. The van der Waals surface area contributed by atoms with Crippen molar-refractivity contribution in [3.05, 3.63) is 0 Å². The average molecular weight is 621 g/mol. The summed E-state index contributed by atoms with van der Waals surface area (Å²) in [5, 5.41) is 0. The Morgan fingerprint density at radius 2 is 0.500 bits per heavy atom. The first kappa shape index (κ1) is 43.5. The van der Waals surface area contributed by atoms with E-state index >= 15 is 0 Å². The molecule has 0 aromatic rings. The zero-order chi connectivity index (χ0) is 31.9. The highest BCUT2D eigenvalue weighted by Crippen LogP contribution is 2.16. The fourth-order valence-corrected chi connectivity index (χ4v) is 6.61. The third-order valence-electron chi connectivity index (χ3n) is 9.75. The van der Waals surface area contributed by atoms with Gasteiger partial charge in [0.2, 0.25) is 0 Å². The summed E-state index contributed by atoms with van der Waals surface area (Å²) in [6, 6.07) is 0. The quantitative estimate of drug-likeness (QED) is 0.0505. The van der Waals surface area contributed by atoms with Crippen LogP contribution in [0.15, 0.2) is 0 Å². The van der Waals surface area contributed by atoms with Gasteiger partial charge in [-0.25, -0.2) is 0 Å². The van der Waals surface area contributed by atoms with E-state index in [1.807, 2.05) is 0 Å². The van der Waals surface area contributed by atoms with Crippen molar-refractivity contribution in [3.63, 3.8) is 0 Å². The normalized spacial score (nSPS) is 11.4. The lowest BCUT2D eigenvalue weighted by Crippen LogP contribution is -2.05. The van der Waals surface area contributed by atoms with Crippen LogP contribution < -0.4 is 0 Å². The Bertz CT molecular complexity index is 516. The second-order valence-electron chi connectivity index (χ2n) is 14.3. The molecule has 0 atom stereocenters. The van der Waals surface area contributed by atoms with Gasteiger partial charge in [-0.1, -0.05) is 239 Å². The molecule has 0 aromatic carbocycles. The molecule has 0 radical (unpaired) electrons. The van der Waals surface area contributed by atoms with Gasteiger partial charge in [-0.2, -0.15) is 0 Å². The Balaban J connectivity index is 3.12. The van der Waals surface area contributed by atoms with Gasteiger partial charge < -0.3 is 4.74 Å². The van der Waals surface area contributed by atoms with E-state index in [2.05, 4.69) is 13.8 Å². The smallest absolute Gasteiger partial charge is 0.305 e. The third-order valence-corrected chi connectivity index (χ3v) is 9.75. The van der Waals surface area contributed by atoms with E-state index in [0.29, 0.717) is 13.0 Å². The van der Waals surface area contributed by atoms with E-state index in [-0.39, 0.29) is 5.97 Å². The van der Waals surface area contributed by atoms with Crippen molar-refractivity contribution in [1.82, 2.24) is 0 Å². The predicted molar refractivity (Wildman–Crippen MR) is 198 cm³/mol. The number of esters is 1. The summed E-state index contributed by atoms with van der Waals surface area (Å²) in [4.78, 5) is 11.9. The molecule has 0 aromatic heterocycles. The lowest BCUT2D eigenvalue weighted by Gasteiger charge is -2.06. The van der Waals surface area contributed by atoms with Crippen LogP contribution in [0.25, 0.3) is 0 Å². The van der Waals surface area contributed by atoms with Crippen molar-refractivity contribution < 1.29 is 9.53 Å². The molecule has 0 aliphatic heterocycles. The van der Waals surface area contributed by atoms with Crippen molar-refractivity contribution in [3.8, 4) is 0 Å². The fraction of sp³-hybridized carbons (Fsp3) is 0.976. The molecule has 0 aliphatic carbocycles. The Kier molecular flexibility index (Phi) is 40.0. The van der Waals surface area contributed by atoms with E-state index in [1.54, 1.807) is 0 Å². The molecule has 264 valence electrons. The van der Waals surface area contributed by atoms with Crippen molar-refractivity contribution in [2.24, 2.45) is 0 Å². The molecule has 0 rings (SSSR count). The van der Waals surface area contributed by atoms with Gasteiger partial charge in [0.25, 0.3) is 0 Å². The molecule has 0 fully saturated rings. The Morgan fingerprint density at radius 1 is 0.295 bits per heavy atom. The van der Waals surface area contributed by atoms with Crippen LogP contribution in [0.1, 0.15) is 258 Å². The average Bonchev–Trinajstić information content (AvgIpc) is 3.03. The molecule has 2 nitrogen and oxygen atoms in total. The van der Waals surface area contributed by atoms with E-state index < -0.39 is 0 Å².